The van der Waals surface area contributed by atoms with Crippen LogP contribution in [0.3, 0.4) is 0 Å². The van der Waals surface area contributed by atoms with Gasteiger partial charge in [-0.25, -0.2) is 8.42 Å². The highest BCUT2D eigenvalue weighted by Crippen LogP contribution is 2.30. The summed E-state index contributed by atoms with van der Waals surface area (Å²) in [5, 5.41) is 3.69. The van der Waals surface area contributed by atoms with E-state index >= 15 is 0 Å². The predicted octanol–water partition coefficient (Wildman–Crippen LogP) is 2.61. The lowest BCUT2D eigenvalue weighted by Crippen LogP contribution is -2.42. The summed E-state index contributed by atoms with van der Waals surface area (Å²) in [6, 6.07) is 4.52. The fourth-order valence-electron chi connectivity index (χ4n) is 2.51. The first-order chi connectivity index (χ1) is 9.45. The Morgan fingerprint density at radius 1 is 1.40 bits per heavy atom. The molecule has 0 saturated carbocycles. The Hall–Kier alpha value is -0.330. The summed E-state index contributed by atoms with van der Waals surface area (Å²) in [7, 11) is -1.70. The summed E-state index contributed by atoms with van der Waals surface area (Å²) in [6.45, 7) is 1.87. The van der Waals surface area contributed by atoms with Gasteiger partial charge in [0, 0.05) is 18.1 Å². The molecule has 1 saturated heterocycles. The normalized spacial score (nSPS) is 21.1. The van der Waals surface area contributed by atoms with Gasteiger partial charge < -0.3 is 5.32 Å². The lowest BCUT2D eigenvalue weighted by Gasteiger charge is -2.32. The maximum atomic E-state index is 12.7. The summed E-state index contributed by atoms with van der Waals surface area (Å²) in [6.07, 6.45) is 1.90. The number of benzene rings is 1. The number of halogens is 2. The van der Waals surface area contributed by atoms with Crippen LogP contribution >= 0.6 is 23.2 Å². The average molecular weight is 337 g/mol. The predicted molar refractivity (Wildman–Crippen MR) is 81.9 cm³/mol. The molecular formula is C13H18Cl2N2O2S. The number of sulfonamides is 1. The van der Waals surface area contributed by atoms with E-state index in [1.54, 1.807) is 6.07 Å². The monoisotopic (exact) mass is 336 g/mol. The molecule has 0 aliphatic carbocycles. The number of piperidine rings is 1. The molecule has 0 spiro atoms. The Balaban J connectivity index is 2.27. The van der Waals surface area contributed by atoms with Gasteiger partial charge in [0.1, 0.15) is 4.90 Å². The SMILES string of the molecule is CNCC1CCCN(S(=O)(=O)c2cc(Cl)ccc2Cl)C1. The Bertz CT molecular complexity index is 576. The fourth-order valence-corrected chi connectivity index (χ4v) is 4.81. The van der Waals surface area contributed by atoms with Crippen molar-refractivity contribution in [2.24, 2.45) is 5.92 Å². The number of hydrogen-bond donors (Lipinski definition) is 1. The third-order valence-corrected chi connectivity index (χ3v) is 6.07. The second kappa shape index (κ2) is 6.62. The molecule has 1 aromatic carbocycles. The minimum Gasteiger partial charge on any atom is -0.319 e. The molecule has 7 heteroatoms. The molecule has 112 valence electrons. The number of hydrogen-bond acceptors (Lipinski definition) is 3. The zero-order chi connectivity index (χ0) is 14.8. The highest BCUT2D eigenvalue weighted by molar-refractivity contribution is 7.89. The van der Waals surface area contributed by atoms with Crippen molar-refractivity contribution in [1.29, 1.82) is 0 Å². The van der Waals surface area contributed by atoms with Crippen molar-refractivity contribution in [2.45, 2.75) is 17.7 Å². The molecular weight excluding hydrogens is 319 g/mol. The van der Waals surface area contributed by atoms with E-state index in [4.69, 9.17) is 23.2 Å². The Morgan fingerprint density at radius 2 is 2.15 bits per heavy atom. The van der Waals surface area contributed by atoms with Crippen molar-refractivity contribution in [3.05, 3.63) is 28.2 Å². The average Bonchev–Trinajstić information content (AvgIpc) is 2.42. The molecule has 0 radical (unpaired) electrons. The quantitative estimate of drug-likeness (QED) is 0.919. The third-order valence-electron chi connectivity index (χ3n) is 3.49. The molecule has 1 fully saturated rings. The largest absolute Gasteiger partial charge is 0.319 e. The van der Waals surface area contributed by atoms with E-state index in [1.165, 1.54) is 16.4 Å². The smallest absolute Gasteiger partial charge is 0.244 e. The lowest BCUT2D eigenvalue weighted by atomic mass is 10.00. The van der Waals surface area contributed by atoms with E-state index < -0.39 is 10.0 Å². The van der Waals surface area contributed by atoms with Crippen molar-refractivity contribution in [3.63, 3.8) is 0 Å². The zero-order valence-corrected chi connectivity index (χ0v) is 13.6. The van der Waals surface area contributed by atoms with E-state index in [0.29, 0.717) is 24.0 Å². The van der Waals surface area contributed by atoms with Crippen LogP contribution in [0, 0.1) is 5.92 Å². The van der Waals surface area contributed by atoms with Crippen molar-refractivity contribution >= 4 is 33.2 Å². The lowest BCUT2D eigenvalue weighted by molar-refractivity contribution is 0.263. The van der Waals surface area contributed by atoms with Crippen LogP contribution in [0.2, 0.25) is 10.0 Å². The first kappa shape index (κ1) is 16.0. The highest BCUT2D eigenvalue weighted by atomic mass is 35.5. The molecule has 20 heavy (non-hydrogen) atoms. The summed E-state index contributed by atoms with van der Waals surface area (Å²) in [4.78, 5) is 0.0942. The molecule has 0 amide bonds. The highest BCUT2D eigenvalue weighted by Gasteiger charge is 2.31. The summed E-state index contributed by atoms with van der Waals surface area (Å²) in [5.74, 6) is 0.335. The van der Waals surface area contributed by atoms with Crippen molar-refractivity contribution in [1.82, 2.24) is 9.62 Å². The summed E-state index contributed by atoms with van der Waals surface area (Å²) >= 11 is 11.9. The molecule has 0 bridgehead atoms. The van der Waals surface area contributed by atoms with Crippen LogP contribution in [0.4, 0.5) is 0 Å². The van der Waals surface area contributed by atoms with Gasteiger partial charge in [-0.2, -0.15) is 4.31 Å². The summed E-state index contributed by atoms with van der Waals surface area (Å²) in [5.41, 5.74) is 0. The van der Waals surface area contributed by atoms with Crippen LogP contribution in [0.5, 0.6) is 0 Å². The van der Waals surface area contributed by atoms with Crippen LogP contribution in [0.1, 0.15) is 12.8 Å². The minimum absolute atomic E-state index is 0.0942. The van der Waals surface area contributed by atoms with Crippen LogP contribution in [0.25, 0.3) is 0 Å². The van der Waals surface area contributed by atoms with Gasteiger partial charge in [0.2, 0.25) is 10.0 Å². The van der Waals surface area contributed by atoms with Gasteiger partial charge in [-0.3, -0.25) is 0 Å². The Morgan fingerprint density at radius 3 is 2.85 bits per heavy atom. The molecule has 1 N–H and O–H groups in total. The molecule has 4 nitrogen and oxygen atoms in total. The maximum absolute atomic E-state index is 12.7. The standard InChI is InChI=1S/C13H18Cl2N2O2S/c1-16-8-10-3-2-6-17(9-10)20(18,19)13-7-11(14)4-5-12(13)15/h4-5,7,10,16H,2-3,6,8-9H2,1H3. The van der Waals surface area contributed by atoms with Crippen molar-refractivity contribution in [3.8, 4) is 0 Å². The van der Waals surface area contributed by atoms with E-state index in [-0.39, 0.29) is 9.92 Å². The number of rotatable bonds is 4. The van der Waals surface area contributed by atoms with Crippen LogP contribution in [0.15, 0.2) is 23.1 Å². The minimum atomic E-state index is -3.58. The van der Waals surface area contributed by atoms with Crippen LogP contribution < -0.4 is 5.32 Å². The topological polar surface area (TPSA) is 49.4 Å². The van der Waals surface area contributed by atoms with Gasteiger partial charge in [-0.05, 0) is 50.6 Å². The third kappa shape index (κ3) is 3.46. The molecule has 1 unspecified atom stereocenters. The van der Waals surface area contributed by atoms with Gasteiger partial charge in [-0.15, -0.1) is 0 Å². The maximum Gasteiger partial charge on any atom is 0.244 e. The van der Waals surface area contributed by atoms with Crippen LogP contribution in [-0.2, 0) is 10.0 Å². The van der Waals surface area contributed by atoms with E-state index in [1.807, 2.05) is 7.05 Å². The Labute approximate surface area is 130 Å². The molecule has 1 aromatic rings. The summed E-state index contributed by atoms with van der Waals surface area (Å²) < 4.78 is 26.9. The van der Waals surface area contributed by atoms with Gasteiger partial charge in [0.15, 0.2) is 0 Å². The zero-order valence-electron chi connectivity index (χ0n) is 11.3. The van der Waals surface area contributed by atoms with Crippen molar-refractivity contribution in [2.75, 3.05) is 26.7 Å². The second-order valence-corrected chi connectivity index (χ2v) is 7.75. The molecule has 2 rings (SSSR count). The van der Waals surface area contributed by atoms with E-state index in [9.17, 15) is 8.42 Å². The van der Waals surface area contributed by atoms with Gasteiger partial charge >= 0.3 is 0 Å². The first-order valence-corrected chi connectivity index (χ1v) is 8.74. The molecule has 1 aliphatic rings. The molecule has 1 aliphatic heterocycles. The Kier molecular flexibility index (Phi) is 5.31. The number of nitrogens with one attached hydrogen (secondary N) is 1. The second-order valence-electron chi connectivity index (χ2n) is 5.00. The van der Waals surface area contributed by atoms with Crippen LogP contribution in [-0.4, -0.2) is 39.4 Å². The van der Waals surface area contributed by atoms with Gasteiger partial charge in [0.05, 0.1) is 5.02 Å². The first-order valence-electron chi connectivity index (χ1n) is 6.55. The van der Waals surface area contributed by atoms with E-state index in [2.05, 4.69) is 5.32 Å². The van der Waals surface area contributed by atoms with Gasteiger partial charge in [-0.1, -0.05) is 23.2 Å². The molecule has 0 aromatic heterocycles. The van der Waals surface area contributed by atoms with E-state index in [0.717, 1.165) is 19.4 Å². The van der Waals surface area contributed by atoms with Crippen molar-refractivity contribution < 1.29 is 8.42 Å². The van der Waals surface area contributed by atoms with Gasteiger partial charge in [0.25, 0.3) is 0 Å². The molecule has 1 atom stereocenters. The fraction of sp³-hybridized carbons (Fsp3) is 0.538. The number of nitrogens with zero attached hydrogens (tertiary/aromatic N) is 1. The molecule has 1 heterocycles.